The molecular weight excluding hydrogens is 226 g/mol. The molecule has 0 bridgehead atoms. The lowest BCUT2D eigenvalue weighted by Crippen LogP contribution is -2.29. The van der Waals surface area contributed by atoms with Gasteiger partial charge in [0.2, 0.25) is 0 Å². The Morgan fingerprint density at radius 3 is 2.78 bits per heavy atom. The summed E-state index contributed by atoms with van der Waals surface area (Å²) in [4.78, 5) is 12.8. The van der Waals surface area contributed by atoms with Crippen LogP contribution in [0.3, 0.4) is 0 Å². The molecule has 3 heteroatoms. The molecule has 0 saturated heterocycles. The van der Waals surface area contributed by atoms with Gasteiger partial charge in [-0.25, -0.2) is 4.79 Å². The zero-order valence-corrected chi connectivity index (χ0v) is 10.7. The SMILES string of the molecule is CN(CC1CCC1)c1ccccc1C=CC(=O)O. The molecule has 1 fully saturated rings. The molecule has 0 atom stereocenters. The summed E-state index contributed by atoms with van der Waals surface area (Å²) in [6, 6.07) is 7.92. The van der Waals surface area contributed by atoms with Gasteiger partial charge >= 0.3 is 5.97 Å². The molecule has 0 aliphatic heterocycles. The van der Waals surface area contributed by atoms with Crippen molar-refractivity contribution in [2.45, 2.75) is 19.3 Å². The topological polar surface area (TPSA) is 40.5 Å². The first-order valence-electron chi connectivity index (χ1n) is 6.38. The van der Waals surface area contributed by atoms with Crippen molar-refractivity contribution in [1.29, 1.82) is 0 Å². The number of hydrogen-bond donors (Lipinski definition) is 1. The molecule has 0 aromatic heterocycles. The van der Waals surface area contributed by atoms with E-state index in [1.54, 1.807) is 6.08 Å². The highest BCUT2D eigenvalue weighted by Crippen LogP contribution is 2.29. The fourth-order valence-corrected chi connectivity index (χ4v) is 2.30. The van der Waals surface area contributed by atoms with E-state index >= 15 is 0 Å². The molecule has 1 aromatic carbocycles. The van der Waals surface area contributed by atoms with Crippen molar-refractivity contribution in [3.05, 3.63) is 35.9 Å². The number of hydrogen-bond acceptors (Lipinski definition) is 2. The van der Waals surface area contributed by atoms with Gasteiger partial charge in [0.05, 0.1) is 0 Å². The number of benzene rings is 1. The molecule has 1 saturated carbocycles. The van der Waals surface area contributed by atoms with Crippen LogP contribution in [0.15, 0.2) is 30.3 Å². The third kappa shape index (κ3) is 3.13. The van der Waals surface area contributed by atoms with Crippen molar-refractivity contribution < 1.29 is 9.90 Å². The monoisotopic (exact) mass is 245 g/mol. The minimum Gasteiger partial charge on any atom is -0.478 e. The van der Waals surface area contributed by atoms with Crippen LogP contribution in [0.25, 0.3) is 6.08 Å². The fourth-order valence-electron chi connectivity index (χ4n) is 2.30. The highest BCUT2D eigenvalue weighted by molar-refractivity contribution is 5.86. The third-order valence-electron chi connectivity index (χ3n) is 3.51. The summed E-state index contributed by atoms with van der Waals surface area (Å²) in [5.41, 5.74) is 2.06. The van der Waals surface area contributed by atoms with Crippen molar-refractivity contribution in [1.82, 2.24) is 0 Å². The predicted octanol–water partition coefficient (Wildman–Crippen LogP) is 3.02. The maximum absolute atomic E-state index is 10.6. The number of carboxylic acid groups (broad SMARTS) is 1. The normalized spacial score (nSPS) is 15.6. The summed E-state index contributed by atoms with van der Waals surface area (Å²) in [6.45, 7) is 1.05. The van der Waals surface area contributed by atoms with Gasteiger partial charge in [-0.15, -0.1) is 0 Å². The Morgan fingerprint density at radius 1 is 1.44 bits per heavy atom. The Kier molecular flexibility index (Phi) is 4.03. The molecule has 0 heterocycles. The second kappa shape index (κ2) is 5.71. The van der Waals surface area contributed by atoms with Crippen LogP contribution in [0.2, 0.25) is 0 Å². The van der Waals surface area contributed by atoms with E-state index < -0.39 is 5.97 Å². The van der Waals surface area contributed by atoms with Crippen LogP contribution in [0, 0.1) is 5.92 Å². The first-order chi connectivity index (χ1) is 8.66. The van der Waals surface area contributed by atoms with E-state index in [9.17, 15) is 4.79 Å². The summed E-state index contributed by atoms with van der Waals surface area (Å²) in [6.07, 6.45) is 6.83. The van der Waals surface area contributed by atoms with Gasteiger partial charge in [0.15, 0.2) is 0 Å². The number of nitrogens with zero attached hydrogens (tertiary/aromatic N) is 1. The standard InChI is InChI=1S/C15H19NO2/c1-16(11-12-5-4-6-12)14-8-3-2-7-13(14)9-10-15(17)18/h2-3,7-10,12H,4-6,11H2,1H3,(H,17,18). The van der Waals surface area contributed by atoms with Crippen molar-refractivity contribution in [3.8, 4) is 0 Å². The molecule has 2 rings (SSSR count). The van der Waals surface area contributed by atoms with Gasteiger partial charge in [-0.1, -0.05) is 24.6 Å². The van der Waals surface area contributed by atoms with E-state index in [0.717, 1.165) is 23.7 Å². The minimum atomic E-state index is -0.911. The van der Waals surface area contributed by atoms with Crippen LogP contribution in [-0.2, 0) is 4.79 Å². The first kappa shape index (κ1) is 12.7. The third-order valence-corrected chi connectivity index (χ3v) is 3.51. The number of carboxylic acids is 1. The van der Waals surface area contributed by atoms with Crippen molar-refractivity contribution >= 4 is 17.7 Å². The maximum atomic E-state index is 10.6. The Labute approximate surface area is 108 Å². The molecule has 1 aliphatic rings. The Bertz CT molecular complexity index is 450. The van der Waals surface area contributed by atoms with Crippen molar-refractivity contribution in [2.75, 3.05) is 18.5 Å². The molecule has 96 valence electrons. The molecule has 3 nitrogen and oxygen atoms in total. The van der Waals surface area contributed by atoms with Gasteiger partial charge in [-0.3, -0.25) is 0 Å². The number of anilines is 1. The molecular formula is C15H19NO2. The average molecular weight is 245 g/mol. The molecule has 0 amide bonds. The van der Waals surface area contributed by atoms with Crippen LogP contribution < -0.4 is 4.90 Å². The number of rotatable bonds is 5. The van der Waals surface area contributed by atoms with Gasteiger partial charge in [0.1, 0.15) is 0 Å². The summed E-state index contributed by atoms with van der Waals surface area (Å²) in [5, 5.41) is 8.70. The smallest absolute Gasteiger partial charge is 0.328 e. The molecule has 1 aromatic rings. The minimum absolute atomic E-state index is 0.798. The summed E-state index contributed by atoms with van der Waals surface area (Å²) in [7, 11) is 2.08. The largest absolute Gasteiger partial charge is 0.478 e. The predicted molar refractivity (Wildman–Crippen MR) is 73.7 cm³/mol. The Balaban J connectivity index is 2.12. The summed E-state index contributed by atoms with van der Waals surface area (Å²) in [5.74, 6) is -0.113. The van der Waals surface area contributed by atoms with Gasteiger partial charge in [-0.2, -0.15) is 0 Å². The lowest BCUT2D eigenvalue weighted by Gasteiger charge is -2.32. The Hall–Kier alpha value is -1.77. The van der Waals surface area contributed by atoms with Crippen molar-refractivity contribution in [3.63, 3.8) is 0 Å². The Morgan fingerprint density at radius 2 is 2.17 bits per heavy atom. The van der Waals surface area contributed by atoms with Crippen LogP contribution >= 0.6 is 0 Å². The molecule has 18 heavy (non-hydrogen) atoms. The van der Waals surface area contributed by atoms with Crippen LogP contribution in [-0.4, -0.2) is 24.7 Å². The number of aliphatic carboxylic acids is 1. The second-order valence-corrected chi connectivity index (χ2v) is 4.91. The van der Waals surface area contributed by atoms with Crippen LogP contribution in [0.1, 0.15) is 24.8 Å². The van der Waals surface area contributed by atoms with E-state index in [-0.39, 0.29) is 0 Å². The quantitative estimate of drug-likeness (QED) is 0.811. The van der Waals surface area contributed by atoms with E-state index in [1.165, 1.54) is 25.3 Å². The molecule has 0 radical (unpaired) electrons. The fraction of sp³-hybridized carbons (Fsp3) is 0.400. The zero-order chi connectivity index (χ0) is 13.0. The van der Waals surface area contributed by atoms with Gasteiger partial charge in [0.25, 0.3) is 0 Å². The van der Waals surface area contributed by atoms with Crippen LogP contribution in [0.5, 0.6) is 0 Å². The second-order valence-electron chi connectivity index (χ2n) is 4.91. The highest BCUT2D eigenvalue weighted by atomic mass is 16.4. The van der Waals surface area contributed by atoms with E-state index in [0.29, 0.717) is 0 Å². The molecule has 0 spiro atoms. The zero-order valence-electron chi connectivity index (χ0n) is 10.7. The molecule has 0 unspecified atom stereocenters. The van der Waals surface area contributed by atoms with E-state index in [1.807, 2.05) is 24.3 Å². The maximum Gasteiger partial charge on any atom is 0.328 e. The molecule has 1 aliphatic carbocycles. The van der Waals surface area contributed by atoms with Gasteiger partial charge in [0, 0.05) is 25.4 Å². The number of carbonyl (C=O) groups is 1. The lowest BCUT2D eigenvalue weighted by molar-refractivity contribution is -0.131. The van der Waals surface area contributed by atoms with Crippen molar-refractivity contribution in [2.24, 2.45) is 5.92 Å². The summed E-state index contributed by atoms with van der Waals surface area (Å²) < 4.78 is 0. The molecule has 1 N–H and O–H groups in total. The number of para-hydroxylation sites is 1. The van der Waals surface area contributed by atoms with E-state index in [2.05, 4.69) is 11.9 Å². The van der Waals surface area contributed by atoms with Gasteiger partial charge in [-0.05, 0) is 36.5 Å². The summed E-state index contributed by atoms with van der Waals surface area (Å²) >= 11 is 0. The highest BCUT2D eigenvalue weighted by Gasteiger charge is 2.19. The van der Waals surface area contributed by atoms with Gasteiger partial charge < -0.3 is 10.0 Å². The first-order valence-corrected chi connectivity index (χ1v) is 6.38. The van der Waals surface area contributed by atoms with Crippen LogP contribution in [0.4, 0.5) is 5.69 Å². The lowest BCUT2D eigenvalue weighted by atomic mass is 9.85. The average Bonchev–Trinajstić information content (AvgIpc) is 2.31. The van der Waals surface area contributed by atoms with E-state index in [4.69, 9.17) is 5.11 Å².